The molecular formula is C16H24N2. The Morgan fingerprint density at radius 3 is 2.61 bits per heavy atom. The third-order valence-electron chi connectivity index (χ3n) is 3.32. The lowest BCUT2D eigenvalue weighted by Gasteiger charge is -2.18. The van der Waals surface area contributed by atoms with Crippen molar-refractivity contribution in [2.24, 2.45) is 5.41 Å². The van der Waals surface area contributed by atoms with Crippen LogP contribution in [0.2, 0.25) is 0 Å². The fraction of sp³-hybridized carbons (Fsp3) is 0.500. The van der Waals surface area contributed by atoms with E-state index in [1.165, 1.54) is 22.9 Å². The van der Waals surface area contributed by atoms with Gasteiger partial charge in [0.1, 0.15) is 0 Å². The van der Waals surface area contributed by atoms with E-state index >= 15 is 0 Å². The van der Waals surface area contributed by atoms with Crippen molar-refractivity contribution in [3.05, 3.63) is 36.0 Å². The first-order valence-corrected chi connectivity index (χ1v) is 6.72. The summed E-state index contributed by atoms with van der Waals surface area (Å²) in [6.07, 6.45) is 3.41. The van der Waals surface area contributed by atoms with Gasteiger partial charge in [-0.15, -0.1) is 0 Å². The number of nitrogens with zero attached hydrogens (tertiary/aromatic N) is 1. The van der Waals surface area contributed by atoms with Crippen molar-refractivity contribution >= 4 is 10.9 Å². The minimum atomic E-state index is 0.392. The molecule has 0 aliphatic rings. The van der Waals surface area contributed by atoms with E-state index in [1.54, 1.807) is 0 Å². The zero-order valence-corrected chi connectivity index (χ0v) is 12.0. The molecule has 0 bridgehead atoms. The predicted molar refractivity (Wildman–Crippen MR) is 78.8 cm³/mol. The quantitative estimate of drug-likeness (QED) is 0.865. The SMILES string of the molecule is CNCc1ccc2c(ccn2CCC(C)(C)C)c1. The highest BCUT2D eigenvalue weighted by atomic mass is 14.9. The van der Waals surface area contributed by atoms with Crippen LogP contribution >= 0.6 is 0 Å². The molecule has 0 aliphatic heterocycles. The fourth-order valence-electron chi connectivity index (χ4n) is 2.21. The summed E-state index contributed by atoms with van der Waals surface area (Å²) < 4.78 is 2.36. The van der Waals surface area contributed by atoms with Crippen molar-refractivity contribution in [3.8, 4) is 0 Å². The molecule has 2 heteroatoms. The van der Waals surface area contributed by atoms with Gasteiger partial charge in [-0.1, -0.05) is 26.8 Å². The van der Waals surface area contributed by atoms with Gasteiger partial charge in [-0.2, -0.15) is 0 Å². The average Bonchev–Trinajstić information content (AvgIpc) is 2.68. The van der Waals surface area contributed by atoms with Gasteiger partial charge in [0.2, 0.25) is 0 Å². The van der Waals surface area contributed by atoms with E-state index in [0.717, 1.165) is 13.1 Å². The van der Waals surface area contributed by atoms with Crippen molar-refractivity contribution < 1.29 is 0 Å². The smallest absolute Gasteiger partial charge is 0.0480 e. The Hall–Kier alpha value is -1.28. The zero-order valence-electron chi connectivity index (χ0n) is 12.0. The number of nitrogens with one attached hydrogen (secondary N) is 1. The first-order valence-electron chi connectivity index (χ1n) is 6.72. The Bertz CT molecular complexity index is 517. The van der Waals surface area contributed by atoms with Crippen LogP contribution in [0, 0.1) is 5.41 Å². The molecule has 2 nitrogen and oxygen atoms in total. The standard InChI is InChI=1S/C16H24N2/c1-16(2,3)8-10-18-9-7-14-11-13(12-17-4)5-6-15(14)18/h5-7,9,11,17H,8,10,12H2,1-4H3. The Kier molecular flexibility index (Phi) is 3.76. The molecule has 1 aromatic carbocycles. The summed E-state index contributed by atoms with van der Waals surface area (Å²) in [5.41, 5.74) is 3.08. The second-order valence-electron chi connectivity index (χ2n) is 6.24. The molecule has 0 fully saturated rings. The topological polar surface area (TPSA) is 17.0 Å². The second kappa shape index (κ2) is 5.15. The monoisotopic (exact) mass is 244 g/mol. The van der Waals surface area contributed by atoms with Crippen molar-refractivity contribution in [1.29, 1.82) is 0 Å². The molecule has 98 valence electrons. The lowest BCUT2D eigenvalue weighted by molar-refractivity contribution is 0.353. The highest BCUT2D eigenvalue weighted by Crippen LogP contribution is 2.23. The molecule has 0 saturated carbocycles. The maximum absolute atomic E-state index is 3.19. The summed E-state index contributed by atoms with van der Waals surface area (Å²) in [4.78, 5) is 0. The van der Waals surface area contributed by atoms with Gasteiger partial charge in [0.15, 0.2) is 0 Å². The summed E-state index contributed by atoms with van der Waals surface area (Å²) in [6, 6.07) is 8.95. The number of hydrogen-bond donors (Lipinski definition) is 1. The van der Waals surface area contributed by atoms with Gasteiger partial charge in [-0.3, -0.25) is 0 Å². The van der Waals surface area contributed by atoms with Gasteiger partial charge in [0, 0.05) is 24.8 Å². The van der Waals surface area contributed by atoms with Gasteiger partial charge in [0.25, 0.3) is 0 Å². The van der Waals surface area contributed by atoms with Crippen LogP contribution in [0.4, 0.5) is 0 Å². The van der Waals surface area contributed by atoms with Crippen LogP contribution in [-0.4, -0.2) is 11.6 Å². The number of aryl methyl sites for hydroxylation is 1. The van der Waals surface area contributed by atoms with Crippen LogP contribution in [0.1, 0.15) is 32.8 Å². The molecule has 1 aromatic heterocycles. The van der Waals surface area contributed by atoms with Crippen LogP contribution < -0.4 is 5.32 Å². The lowest BCUT2D eigenvalue weighted by atomic mass is 9.92. The highest BCUT2D eigenvalue weighted by molar-refractivity contribution is 5.80. The van der Waals surface area contributed by atoms with Crippen molar-refractivity contribution in [2.75, 3.05) is 7.05 Å². The van der Waals surface area contributed by atoms with Crippen LogP contribution in [0.15, 0.2) is 30.5 Å². The minimum absolute atomic E-state index is 0.392. The molecule has 0 spiro atoms. The summed E-state index contributed by atoms with van der Waals surface area (Å²) >= 11 is 0. The first-order chi connectivity index (χ1) is 8.49. The van der Waals surface area contributed by atoms with Gasteiger partial charge in [-0.05, 0) is 48.0 Å². The fourth-order valence-corrected chi connectivity index (χ4v) is 2.21. The average molecular weight is 244 g/mol. The van der Waals surface area contributed by atoms with E-state index in [9.17, 15) is 0 Å². The van der Waals surface area contributed by atoms with Crippen molar-refractivity contribution in [3.63, 3.8) is 0 Å². The first kappa shape index (κ1) is 13.2. The van der Waals surface area contributed by atoms with Gasteiger partial charge >= 0.3 is 0 Å². The normalized spacial score (nSPS) is 12.2. The Morgan fingerprint density at radius 1 is 1.17 bits per heavy atom. The number of fused-ring (bicyclic) bond motifs is 1. The molecule has 1 N–H and O–H groups in total. The van der Waals surface area contributed by atoms with E-state index < -0.39 is 0 Å². The molecule has 0 aliphatic carbocycles. The van der Waals surface area contributed by atoms with Crippen LogP contribution in [0.5, 0.6) is 0 Å². The number of hydrogen-bond acceptors (Lipinski definition) is 1. The van der Waals surface area contributed by atoms with Gasteiger partial charge in [0.05, 0.1) is 0 Å². The third kappa shape index (κ3) is 3.14. The van der Waals surface area contributed by atoms with Crippen LogP contribution in [0.25, 0.3) is 10.9 Å². The van der Waals surface area contributed by atoms with E-state index in [4.69, 9.17) is 0 Å². The van der Waals surface area contributed by atoms with E-state index in [-0.39, 0.29) is 0 Å². The Balaban J connectivity index is 2.20. The molecule has 18 heavy (non-hydrogen) atoms. The molecule has 2 rings (SSSR count). The van der Waals surface area contributed by atoms with Gasteiger partial charge in [-0.25, -0.2) is 0 Å². The molecule has 0 saturated heterocycles. The van der Waals surface area contributed by atoms with Gasteiger partial charge < -0.3 is 9.88 Å². The molecule has 0 atom stereocenters. The Morgan fingerprint density at radius 2 is 1.94 bits per heavy atom. The summed E-state index contributed by atoms with van der Waals surface area (Å²) in [7, 11) is 1.98. The summed E-state index contributed by atoms with van der Waals surface area (Å²) in [5.74, 6) is 0. The van der Waals surface area contributed by atoms with Crippen LogP contribution in [-0.2, 0) is 13.1 Å². The Labute approximate surface area is 110 Å². The number of aromatic nitrogens is 1. The van der Waals surface area contributed by atoms with E-state index in [1.807, 2.05) is 7.05 Å². The minimum Gasteiger partial charge on any atom is -0.347 e. The lowest BCUT2D eigenvalue weighted by Crippen LogP contribution is -2.09. The van der Waals surface area contributed by atoms with Crippen LogP contribution in [0.3, 0.4) is 0 Å². The molecule has 2 aromatic rings. The zero-order chi connectivity index (χ0) is 13.2. The summed E-state index contributed by atoms with van der Waals surface area (Å²) in [6.45, 7) is 8.92. The van der Waals surface area contributed by atoms with Crippen molar-refractivity contribution in [1.82, 2.24) is 9.88 Å². The molecular weight excluding hydrogens is 220 g/mol. The number of benzene rings is 1. The van der Waals surface area contributed by atoms with E-state index in [0.29, 0.717) is 5.41 Å². The molecule has 0 amide bonds. The van der Waals surface area contributed by atoms with Crippen molar-refractivity contribution in [2.45, 2.75) is 40.3 Å². The third-order valence-corrected chi connectivity index (χ3v) is 3.32. The molecule has 1 heterocycles. The summed E-state index contributed by atoms with van der Waals surface area (Å²) in [5, 5.41) is 4.54. The highest BCUT2D eigenvalue weighted by Gasteiger charge is 2.10. The number of rotatable bonds is 4. The predicted octanol–water partition coefficient (Wildman–Crippen LogP) is 3.80. The maximum atomic E-state index is 3.19. The molecule has 0 radical (unpaired) electrons. The van der Waals surface area contributed by atoms with E-state index in [2.05, 4.69) is 61.1 Å². The largest absolute Gasteiger partial charge is 0.347 e. The maximum Gasteiger partial charge on any atom is 0.0480 e. The molecule has 0 unspecified atom stereocenters. The second-order valence-corrected chi connectivity index (χ2v) is 6.24.